The summed E-state index contributed by atoms with van der Waals surface area (Å²) in [7, 11) is 0. The molecule has 1 N–H and O–H groups in total. The van der Waals surface area contributed by atoms with Crippen LogP contribution in [0, 0.1) is 0 Å². The average molecular weight is 500 g/mol. The van der Waals surface area contributed by atoms with Crippen molar-refractivity contribution < 1.29 is 19.4 Å². The minimum absolute atomic E-state index is 0.0179. The van der Waals surface area contributed by atoms with Gasteiger partial charge in [0.2, 0.25) is 0 Å². The van der Waals surface area contributed by atoms with Gasteiger partial charge in [-0.2, -0.15) is 0 Å². The number of anilines is 1. The molecular weight excluding hydrogens is 474 g/mol. The van der Waals surface area contributed by atoms with Crippen LogP contribution < -0.4 is 9.64 Å². The minimum Gasteiger partial charge on any atom is -0.507 e. The van der Waals surface area contributed by atoms with Crippen molar-refractivity contribution in [2.24, 2.45) is 0 Å². The van der Waals surface area contributed by atoms with Crippen LogP contribution in [0.15, 0.2) is 72.6 Å². The molecule has 0 radical (unpaired) electrons. The number of rotatable bonds is 6. The summed E-state index contributed by atoms with van der Waals surface area (Å²) in [6, 6.07) is 15.5. The van der Waals surface area contributed by atoms with E-state index in [1.807, 2.05) is 51.1 Å². The summed E-state index contributed by atoms with van der Waals surface area (Å²) < 4.78 is 6.65. The molecule has 2 aromatic heterocycles. The number of fused-ring (bicyclic) bond motifs is 1. The summed E-state index contributed by atoms with van der Waals surface area (Å²) in [6.45, 7) is 6.49. The van der Waals surface area contributed by atoms with E-state index in [1.54, 1.807) is 36.7 Å². The van der Waals surface area contributed by atoms with Gasteiger partial charge in [0, 0.05) is 18.0 Å². The van der Waals surface area contributed by atoms with Crippen molar-refractivity contribution in [3.8, 4) is 5.75 Å². The summed E-state index contributed by atoms with van der Waals surface area (Å²) in [4.78, 5) is 36.9. The van der Waals surface area contributed by atoms with Crippen molar-refractivity contribution in [1.82, 2.24) is 9.97 Å². The number of nitrogens with zero attached hydrogens (tertiary/aromatic N) is 3. The molecule has 1 atom stereocenters. The Hall–Kier alpha value is -4.04. The Morgan fingerprint density at radius 2 is 1.86 bits per heavy atom. The molecule has 1 amide bonds. The van der Waals surface area contributed by atoms with Crippen molar-refractivity contribution in [2.45, 2.75) is 32.7 Å². The van der Waals surface area contributed by atoms with Crippen molar-refractivity contribution in [1.29, 1.82) is 0 Å². The first-order valence-electron chi connectivity index (χ1n) is 11.7. The largest absolute Gasteiger partial charge is 0.507 e. The Bertz CT molecular complexity index is 1460. The van der Waals surface area contributed by atoms with Crippen LogP contribution >= 0.6 is 11.3 Å². The normalized spacial score (nSPS) is 17.3. The molecule has 0 saturated carbocycles. The van der Waals surface area contributed by atoms with Crippen LogP contribution in [0.2, 0.25) is 0 Å². The summed E-state index contributed by atoms with van der Waals surface area (Å²) >= 11 is 1.33. The number of para-hydroxylation sites is 1. The third-order valence-corrected chi connectivity index (χ3v) is 7.20. The first-order chi connectivity index (χ1) is 17.4. The predicted molar refractivity (Wildman–Crippen MR) is 140 cm³/mol. The van der Waals surface area contributed by atoms with Crippen LogP contribution in [0.5, 0.6) is 5.75 Å². The monoisotopic (exact) mass is 499 g/mol. The lowest BCUT2D eigenvalue weighted by atomic mass is 9.93. The number of thiazole rings is 1. The van der Waals surface area contributed by atoms with Crippen molar-refractivity contribution in [3.05, 3.63) is 89.3 Å². The van der Waals surface area contributed by atoms with Gasteiger partial charge in [0.05, 0.1) is 28.4 Å². The van der Waals surface area contributed by atoms with Gasteiger partial charge in [-0.3, -0.25) is 19.5 Å². The molecule has 4 aromatic rings. The molecule has 2 aromatic carbocycles. The zero-order valence-electron chi connectivity index (χ0n) is 20.1. The fourth-order valence-electron chi connectivity index (χ4n) is 4.44. The highest BCUT2D eigenvalue weighted by Crippen LogP contribution is 2.44. The van der Waals surface area contributed by atoms with Crippen LogP contribution in [-0.4, -0.2) is 33.4 Å². The zero-order chi connectivity index (χ0) is 25.4. The van der Waals surface area contributed by atoms with Crippen LogP contribution in [0.25, 0.3) is 16.0 Å². The average Bonchev–Trinajstić information content (AvgIpc) is 3.43. The number of benzene rings is 2. The number of Topliss-reactive ketones (excluding diaryl/α,β-unsaturated/α-hetero) is 1. The number of pyridine rings is 1. The standard InChI is InChI=1S/C28H25N3O4S/c1-4-35-21-10-9-18(15-19(21)16(2)3)25(32)23-24(17-11-13-29-14-12-17)31(27(34)26(23)33)28-30-20-7-5-6-8-22(20)36-28/h5-16,24,32H,4H2,1-3H3/b25-23+. The molecule has 0 aliphatic carbocycles. The molecule has 1 aliphatic rings. The number of aliphatic hydroxyl groups excluding tert-OH is 1. The maximum Gasteiger partial charge on any atom is 0.301 e. The van der Waals surface area contributed by atoms with Gasteiger partial charge in [0.15, 0.2) is 5.13 Å². The number of aromatic nitrogens is 2. The van der Waals surface area contributed by atoms with Crippen LogP contribution in [0.3, 0.4) is 0 Å². The molecule has 1 unspecified atom stereocenters. The quantitative estimate of drug-likeness (QED) is 0.204. The van der Waals surface area contributed by atoms with E-state index in [2.05, 4.69) is 9.97 Å². The fourth-order valence-corrected chi connectivity index (χ4v) is 5.44. The molecule has 0 spiro atoms. The van der Waals surface area contributed by atoms with E-state index < -0.39 is 17.7 Å². The molecule has 8 heteroatoms. The highest BCUT2D eigenvalue weighted by molar-refractivity contribution is 7.22. The second-order valence-electron chi connectivity index (χ2n) is 8.75. The fraction of sp³-hybridized carbons (Fsp3) is 0.214. The van der Waals surface area contributed by atoms with Gasteiger partial charge in [-0.05, 0) is 66.4 Å². The third kappa shape index (κ3) is 4.03. The number of carbonyl (C=O) groups is 2. The Morgan fingerprint density at radius 1 is 1.11 bits per heavy atom. The number of hydrogen-bond acceptors (Lipinski definition) is 7. The number of ether oxygens (including phenoxy) is 1. The van der Waals surface area contributed by atoms with Gasteiger partial charge in [0.25, 0.3) is 5.78 Å². The van der Waals surface area contributed by atoms with Crippen LogP contribution in [-0.2, 0) is 9.59 Å². The van der Waals surface area contributed by atoms with Gasteiger partial charge in [-0.15, -0.1) is 0 Å². The van der Waals surface area contributed by atoms with Gasteiger partial charge in [0.1, 0.15) is 11.5 Å². The topological polar surface area (TPSA) is 92.6 Å². The summed E-state index contributed by atoms with van der Waals surface area (Å²) in [5.74, 6) is -0.866. The molecule has 1 aliphatic heterocycles. The van der Waals surface area contributed by atoms with Crippen molar-refractivity contribution in [3.63, 3.8) is 0 Å². The molecule has 5 rings (SSSR count). The highest BCUT2D eigenvalue weighted by atomic mass is 32.1. The Labute approximate surface area is 212 Å². The Balaban J connectivity index is 1.70. The van der Waals surface area contributed by atoms with Gasteiger partial charge in [-0.25, -0.2) is 4.98 Å². The van der Waals surface area contributed by atoms with Gasteiger partial charge >= 0.3 is 5.91 Å². The summed E-state index contributed by atoms with van der Waals surface area (Å²) in [6.07, 6.45) is 3.20. The van der Waals surface area contributed by atoms with E-state index in [4.69, 9.17) is 4.74 Å². The highest BCUT2D eigenvalue weighted by Gasteiger charge is 2.48. The maximum absolute atomic E-state index is 13.4. The van der Waals surface area contributed by atoms with E-state index in [-0.39, 0.29) is 17.3 Å². The zero-order valence-corrected chi connectivity index (χ0v) is 21.0. The van der Waals surface area contributed by atoms with Crippen molar-refractivity contribution >= 4 is 44.1 Å². The lowest BCUT2D eigenvalue weighted by Crippen LogP contribution is -2.29. The number of hydrogen-bond donors (Lipinski definition) is 1. The van der Waals surface area contributed by atoms with E-state index >= 15 is 0 Å². The van der Waals surface area contributed by atoms with E-state index in [9.17, 15) is 14.7 Å². The van der Waals surface area contributed by atoms with Crippen LogP contribution in [0.4, 0.5) is 5.13 Å². The van der Waals surface area contributed by atoms with Crippen LogP contribution in [0.1, 0.15) is 49.4 Å². The molecule has 1 fully saturated rings. The Kier molecular flexibility index (Phi) is 6.28. The second-order valence-corrected chi connectivity index (χ2v) is 9.76. The maximum atomic E-state index is 13.4. The predicted octanol–water partition coefficient (Wildman–Crippen LogP) is 5.84. The minimum atomic E-state index is -0.845. The smallest absolute Gasteiger partial charge is 0.301 e. The lowest BCUT2D eigenvalue weighted by Gasteiger charge is -2.23. The number of amides is 1. The molecule has 36 heavy (non-hydrogen) atoms. The summed E-state index contributed by atoms with van der Waals surface area (Å²) in [5.41, 5.74) is 2.76. The lowest BCUT2D eigenvalue weighted by molar-refractivity contribution is -0.132. The van der Waals surface area contributed by atoms with Crippen molar-refractivity contribution in [2.75, 3.05) is 11.5 Å². The van der Waals surface area contributed by atoms with Gasteiger partial charge in [-0.1, -0.05) is 37.3 Å². The first kappa shape index (κ1) is 23.7. The van der Waals surface area contributed by atoms with E-state index in [1.165, 1.54) is 16.2 Å². The second kappa shape index (κ2) is 9.54. The SMILES string of the molecule is CCOc1ccc(/C(O)=C2\C(=O)C(=O)N(c3nc4ccccc4s3)C2c2ccncc2)cc1C(C)C. The number of aliphatic hydroxyl groups is 1. The molecule has 0 bridgehead atoms. The molecule has 1 saturated heterocycles. The Morgan fingerprint density at radius 3 is 2.56 bits per heavy atom. The molecule has 182 valence electrons. The summed E-state index contributed by atoms with van der Waals surface area (Å²) in [5, 5.41) is 11.9. The molecular formula is C28H25N3O4S. The number of carbonyl (C=O) groups excluding carboxylic acids is 2. The van der Waals surface area contributed by atoms with Gasteiger partial charge < -0.3 is 9.84 Å². The molecule has 7 nitrogen and oxygen atoms in total. The molecule has 3 heterocycles. The van der Waals surface area contributed by atoms with E-state index in [0.717, 1.165) is 21.5 Å². The van der Waals surface area contributed by atoms with E-state index in [0.29, 0.717) is 22.9 Å². The number of ketones is 1. The third-order valence-electron chi connectivity index (χ3n) is 6.16. The first-order valence-corrected chi connectivity index (χ1v) is 12.6.